The highest BCUT2D eigenvalue weighted by Crippen LogP contribution is 2.35. The van der Waals surface area contributed by atoms with Crippen LogP contribution in [-0.4, -0.2) is 26.0 Å². The molecule has 1 saturated carbocycles. The van der Waals surface area contributed by atoms with Crippen molar-refractivity contribution >= 4 is 5.91 Å². The molecule has 8 nitrogen and oxygen atoms in total. The molecule has 0 aliphatic heterocycles. The van der Waals surface area contributed by atoms with Crippen molar-refractivity contribution in [2.75, 3.05) is 0 Å². The van der Waals surface area contributed by atoms with Crippen LogP contribution < -0.4 is 10.1 Å². The molecule has 0 saturated heterocycles. The quantitative estimate of drug-likeness (QED) is 0.696. The maximum atomic E-state index is 11.6. The molecular formula is C20H21N5O3. The molecule has 8 heteroatoms. The van der Waals surface area contributed by atoms with Gasteiger partial charge < -0.3 is 14.6 Å². The van der Waals surface area contributed by atoms with Crippen LogP contribution in [0, 0.1) is 5.92 Å². The zero-order chi connectivity index (χ0) is 19.3. The number of benzene rings is 1. The van der Waals surface area contributed by atoms with E-state index in [1.54, 1.807) is 30.6 Å². The Morgan fingerprint density at radius 3 is 2.57 bits per heavy atom. The lowest BCUT2D eigenvalue weighted by atomic mass is 9.98. The van der Waals surface area contributed by atoms with Gasteiger partial charge >= 0.3 is 6.01 Å². The first-order valence-corrected chi connectivity index (χ1v) is 9.35. The average Bonchev–Trinajstić information content (AvgIpc) is 3.40. The fraction of sp³-hybridized carbons (Fsp3) is 0.350. The van der Waals surface area contributed by atoms with E-state index in [0.717, 1.165) is 31.2 Å². The number of aromatic nitrogens is 4. The van der Waals surface area contributed by atoms with Crippen LogP contribution in [0.5, 0.6) is 11.8 Å². The van der Waals surface area contributed by atoms with Gasteiger partial charge in [-0.15, -0.1) is 0 Å². The molecule has 4 rings (SSSR count). The normalized spacial score (nSPS) is 15.3. The highest BCUT2D eigenvalue weighted by molar-refractivity contribution is 5.73. The van der Waals surface area contributed by atoms with Crippen LogP contribution in [0.2, 0.25) is 0 Å². The SMILES string of the molecule is CC(=O)NC(c1nc(-c2ccc(Oc3ncccn3)cc2)no1)C1CCCC1. The molecule has 1 aromatic carbocycles. The second kappa shape index (κ2) is 8.16. The van der Waals surface area contributed by atoms with Crippen molar-refractivity contribution in [2.45, 2.75) is 38.6 Å². The number of hydrogen-bond donors (Lipinski definition) is 1. The summed E-state index contributed by atoms with van der Waals surface area (Å²) in [5.41, 5.74) is 0.796. The first-order chi connectivity index (χ1) is 13.7. The van der Waals surface area contributed by atoms with Gasteiger partial charge in [-0.25, -0.2) is 9.97 Å². The second-order valence-electron chi connectivity index (χ2n) is 6.84. The van der Waals surface area contributed by atoms with Gasteiger partial charge in [0.1, 0.15) is 11.8 Å². The van der Waals surface area contributed by atoms with E-state index in [4.69, 9.17) is 9.26 Å². The van der Waals surface area contributed by atoms with Gasteiger partial charge in [-0.3, -0.25) is 4.79 Å². The smallest absolute Gasteiger partial charge is 0.321 e. The molecule has 1 N–H and O–H groups in total. The van der Waals surface area contributed by atoms with E-state index in [1.165, 1.54) is 6.92 Å². The highest BCUT2D eigenvalue weighted by Gasteiger charge is 2.31. The molecule has 2 heterocycles. The third-order valence-electron chi connectivity index (χ3n) is 4.80. The van der Waals surface area contributed by atoms with Crippen molar-refractivity contribution in [1.29, 1.82) is 0 Å². The number of carbonyl (C=O) groups excluding carboxylic acids is 1. The lowest BCUT2D eigenvalue weighted by molar-refractivity contribution is -0.120. The predicted molar refractivity (Wildman–Crippen MR) is 100 cm³/mol. The molecule has 3 aromatic rings. The van der Waals surface area contributed by atoms with Crippen molar-refractivity contribution in [2.24, 2.45) is 5.92 Å². The third kappa shape index (κ3) is 4.16. The largest absolute Gasteiger partial charge is 0.424 e. The molecule has 0 spiro atoms. The van der Waals surface area contributed by atoms with Gasteiger partial charge in [0, 0.05) is 24.9 Å². The summed E-state index contributed by atoms with van der Waals surface area (Å²) >= 11 is 0. The van der Waals surface area contributed by atoms with E-state index in [0.29, 0.717) is 23.4 Å². The molecule has 28 heavy (non-hydrogen) atoms. The Morgan fingerprint density at radius 1 is 1.18 bits per heavy atom. The highest BCUT2D eigenvalue weighted by atomic mass is 16.5. The number of nitrogens with one attached hydrogen (secondary N) is 1. The minimum Gasteiger partial charge on any atom is -0.424 e. The van der Waals surface area contributed by atoms with E-state index < -0.39 is 0 Å². The predicted octanol–water partition coefficient (Wildman–Crippen LogP) is 3.69. The molecule has 1 aliphatic carbocycles. The summed E-state index contributed by atoms with van der Waals surface area (Å²) in [7, 11) is 0. The van der Waals surface area contributed by atoms with Crippen molar-refractivity contribution in [3.8, 4) is 23.1 Å². The van der Waals surface area contributed by atoms with E-state index in [1.807, 2.05) is 12.1 Å². The minimum atomic E-state index is -0.237. The summed E-state index contributed by atoms with van der Waals surface area (Å²) in [5, 5.41) is 7.07. The zero-order valence-electron chi connectivity index (χ0n) is 15.5. The number of nitrogens with zero attached hydrogens (tertiary/aromatic N) is 4. The summed E-state index contributed by atoms with van der Waals surface area (Å²) in [6.07, 6.45) is 7.66. The first-order valence-electron chi connectivity index (χ1n) is 9.35. The molecule has 0 bridgehead atoms. The Morgan fingerprint density at radius 2 is 1.89 bits per heavy atom. The Labute approximate surface area is 162 Å². The van der Waals surface area contributed by atoms with Gasteiger partial charge in [0.2, 0.25) is 17.6 Å². The maximum absolute atomic E-state index is 11.6. The maximum Gasteiger partial charge on any atom is 0.321 e. The lowest BCUT2D eigenvalue weighted by Gasteiger charge is -2.20. The molecule has 1 fully saturated rings. The molecule has 1 unspecified atom stereocenters. The van der Waals surface area contributed by atoms with E-state index >= 15 is 0 Å². The fourth-order valence-electron chi connectivity index (χ4n) is 3.49. The second-order valence-corrected chi connectivity index (χ2v) is 6.84. The van der Waals surface area contributed by atoms with Crippen molar-refractivity contribution < 1.29 is 14.1 Å². The minimum absolute atomic E-state index is 0.0960. The topological polar surface area (TPSA) is 103 Å². The van der Waals surface area contributed by atoms with Crippen molar-refractivity contribution in [1.82, 2.24) is 25.4 Å². The van der Waals surface area contributed by atoms with Gasteiger partial charge in [0.15, 0.2) is 0 Å². The van der Waals surface area contributed by atoms with Gasteiger partial charge in [-0.1, -0.05) is 18.0 Å². The lowest BCUT2D eigenvalue weighted by Crippen LogP contribution is -2.31. The Kier molecular flexibility index (Phi) is 5.27. The summed E-state index contributed by atoms with van der Waals surface area (Å²) in [5.74, 6) is 1.78. The molecule has 2 aromatic heterocycles. The molecule has 0 radical (unpaired) electrons. The van der Waals surface area contributed by atoms with Crippen LogP contribution in [0.3, 0.4) is 0 Å². The Balaban J connectivity index is 1.50. The zero-order valence-corrected chi connectivity index (χ0v) is 15.5. The monoisotopic (exact) mass is 379 g/mol. The molecule has 1 aliphatic rings. The molecule has 1 amide bonds. The standard InChI is InChI=1S/C20H21N5O3/c1-13(26)23-17(14-5-2-3-6-14)19-24-18(25-28-19)15-7-9-16(10-8-15)27-20-21-11-4-12-22-20/h4,7-12,14,17H,2-3,5-6H2,1H3,(H,23,26). The number of carbonyl (C=O) groups is 1. The van der Waals surface area contributed by atoms with Crippen molar-refractivity contribution in [3.05, 3.63) is 48.6 Å². The number of ether oxygens (including phenoxy) is 1. The average molecular weight is 379 g/mol. The van der Waals surface area contributed by atoms with Crippen LogP contribution in [0.25, 0.3) is 11.4 Å². The number of hydrogen-bond acceptors (Lipinski definition) is 7. The van der Waals surface area contributed by atoms with Crippen LogP contribution in [-0.2, 0) is 4.79 Å². The summed E-state index contributed by atoms with van der Waals surface area (Å²) in [4.78, 5) is 24.2. The summed E-state index contributed by atoms with van der Waals surface area (Å²) < 4.78 is 11.1. The van der Waals surface area contributed by atoms with Crippen LogP contribution in [0.15, 0.2) is 47.2 Å². The van der Waals surface area contributed by atoms with Gasteiger partial charge in [-0.05, 0) is 49.1 Å². The summed E-state index contributed by atoms with van der Waals surface area (Å²) in [6.45, 7) is 1.51. The first kappa shape index (κ1) is 18.1. The van der Waals surface area contributed by atoms with Gasteiger partial charge in [-0.2, -0.15) is 4.98 Å². The van der Waals surface area contributed by atoms with Crippen LogP contribution in [0.4, 0.5) is 0 Å². The molecule has 144 valence electrons. The summed E-state index contributed by atoms with van der Waals surface area (Å²) in [6, 6.07) is 9.05. The molecular weight excluding hydrogens is 358 g/mol. The van der Waals surface area contributed by atoms with E-state index in [9.17, 15) is 4.79 Å². The van der Waals surface area contributed by atoms with E-state index in [-0.39, 0.29) is 18.0 Å². The fourth-order valence-corrected chi connectivity index (χ4v) is 3.49. The number of amides is 1. The molecule has 1 atom stereocenters. The Bertz CT molecular complexity index is 921. The van der Waals surface area contributed by atoms with Gasteiger partial charge in [0.25, 0.3) is 0 Å². The van der Waals surface area contributed by atoms with Gasteiger partial charge in [0.05, 0.1) is 0 Å². The third-order valence-corrected chi connectivity index (χ3v) is 4.80. The van der Waals surface area contributed by atoms with Crippen LogP contribution in [0.1, 0.15) is 44.5 Å². The van der Waals surface area contributed by atoms with Crippen LogP contribution >= 0.6 is 0 Å². The Hall–Kier alpha value is -3.29. The van der Waals surface area contributed by atoms with Crippen molar-refractivity contribution in [3.63, 3.8) is 0 Å². The van der Waals surface area contributed by atoms with E-state index in [2.05, 4.69) is 25.4 Å². The number of rotatable bonds is 6.